The maximum absolute atomic E-state index is 11.0. The van der Waals surface area contributed by atoms with Crippen molar-refractivity contribution in [3.63, 3.8) is 0 Å². The summed E-state index contributed by atoms with van der Waals surface area (Å²) in [5.74, 6) is 0.451. The molecule has 112 valence electrons. The van der Waals surface area contributed by atoms with E-state index in [0.29, 0.717) is 11.6 Å². The highest BCUT2D eigenvalue weighted by Crippen LogP contribution is 2.16. The minimum Gasteiger partial charge on any atom is -0.478 e. The lowest BCUT2D eigenvalue weighted by Gasteiger charge is -2.27. The van der Waals surface area contributed by atoms with Crippen LogP contribution >= 0.6 is 0 Å². The van der Waals surface area contributed by atoms with Crippen LogP contribution in [0, 0.1) is 12.8 Å². The Labute approximate surface area is 121 Å². The Morgan fingerprint density at radius 3 is 2.40 bits per heavy atom. The third kappa shape index (κ3) is 4.81. The highest BCUT2D eigenvalue weighted by molar-refractivity contribution is 5.89. The van der Waals surface area contributed by atoms with Crippen molar-refractivity contribution < 1.29 is 9.90 Å². The highest BCUT2D eigenvalue weighted by Gasteiger charge is 2.14. The Morgan fingerprint density at radius 2 is 1.95 bits per heavy atom. The number of carbonyl (C=O) groups is 1. The molecule has 0 aliphatic rings. The van der Waals surface area contributed by atoms with Crippen molar-refractivity contribution in [2.24, 2.45) is 5.92 Å². The summed E-state index contributed by atoms with van der Waals surface area (Å²) in [7, 11) is 4.08. The average Bonchev–Trinajstić information content (AvgIpc) is 2.33. The van der Waals surface area contributed by atoms with Crippen molar-refractivity contribution in [1.29, 1.82) is 0 Å². The minimum atomic E-state index is -0.926. The van der Waals surface area contributed by atoms with Crippen molar-refractivity contribution in [1.82, 2.24) is 9.88 Å². The zero-order valence-corrected chi connectivity index (χ0v) is 13.1. The van der Waals surface area contributed by atoms with Gasteiger partial charge in [0, 0.05) is 19.6 Å². The van der Waals surface area contributed by atoms with E-state index in [-0.39, 0.29) is 5.56 Å². The number of hydrogen-bond donors (Lipinski definition) is 1. The van der Waals surface area contributed by atoms with Crippen LogP contribution in [0.3, 0.4) is 0 Å². The first kappa shape index (κ1) is 16.4. The molecule has 0 aromatic carbocycles. The molecular formula is C15H25N3O2. The van der Waals surface area contributed by atoms with E-state index in [9.17, 15) is 4.79 Å². The molecule has 0 aliphatic carbocycles. The summed E-state index contributed by atoms with van der Waals surface area (Å²) in [5.41, 5.74) is 0.833. The molecular weight excluding hydrogens is 254 g/mol. The van der Waals surface area contributed by atoms with Gasteiger partial charge >= 0.3 is 5.97 Å². The summed E-state index contributed by atoms with van der Waals surface area (Å²) in [6, 6.07) is 3.44. The van der Waals surface area contributed by atoms with Crippen LogP contribution in [-0.2, 0) is 0 Å². The molecule has 0 amide bonds. The van der Waals surface area contributed by atoms with Crippen molar-refractivity contribution >= 4 is 11.8 Å². The number of aromatic nitrogens is 1. The van der Waals surface area contributed by atoms with Crippen LogP contribution in [0.4, 0.5) is 5.82 Å². The summed E-state index contributed by atoms with van der Waals surface area (Å²) in [6.07, 6.45) is 0. The fourth-order valence-corrected chi connectivity index (χ4v) is 2.01. The molecule has 0 atom stereocenters. The lowest BCUT2D eigenvalue weighted by atomic mass is 10.2. The Balaban J connectivity index is 2.95. The van der Waals surface area contributed by atoms with Crippen LogP contribution < -0.4 is 4.90 Å². The lowest BCUT2D eigenvalue weighted by Crippen LogP contribution is -2.35. The van der Waals surface area contributed by atoms with Crippen LogP contribution in [0.1, 0.15) is 29.9 Å². The third-order valence-electron chi connectivity index (χ3n) is 3.03. The van der Waals surface area contributed by atoms with Gasteiger partial charge < -0.3 is 14.9 Å². The van der Waals surface area contributed by atoms with E-state index in [0.717, 1.165) is 25.5 Å². The van der Waals surface area contributed by atoms with Crippen LogP contribution in [0.25, 0.3) is 0 Å². The number of carboxylic acids is 1. The van der Waals surface area contributed by atoms with Gasteiger partial charge in [0.25, 0.3) is 0 Å². The zero-order valence-electron chi connectivity index (χ0n) is 13.1. The molecule has 1 rings (SSSR count). The van der Waals surface area contributed by atoms with Gasteiger partial charge in [0.05, 0.1) is 11.3 Å². The molecule has 0 fully saturated rings. The van der Waals surface area contributed by atoms with E-state index in [1.54, 1.807) is 19.1 Å². The summed E-state index contributed by atoms with van der Waals surface area (Å²) < 4.78 is 0. The number of pyridine rings is 1. The van der Waals surface area contributed by atoms with E-state index in [4.69, 9.17) is 5.11 Å². The van der Waals surface area contributed by atoms with Crippen LogP contribution in [0.15, 0.2) is 12.1 Å². The van der Waals surface area contributed by atoms with Crippen LogP contribution in [0.2, 0.25) is 0 Å². The van der Waals surface area contributed by atoms with Crippen molar-refractivity contribution in [2.75, 3.05) is 38.6 Å². The van der Waals surface area contributed by atoms with Gasteiger partial charge in [-0.05, 0) is 39.1 Å². The second kappa shape index (κ2) is 7.24. The summed E-state index contributed by atoms with van der Waals surface area (Å²) in [6.45, 7) is 8.81. The van der Waals surface area contributed by atoms with E-state index in [1.165, 1.54) is 0 Å². The van der Waals surface area contributed by atoms with Crippen molar-refractivity contribution in [3.8, 4) is 0 Å². The predicted molar refractivity (Wildman–Crippen MR) is 81.5 cm³/mol. The summed E-state index contributed by atoms with van der Waals surface area (Å²) in [5, 5.41) is 9.06. The van der Waals surface area contributed by atoms with Gasteiger partial charge in [-0.1, -0.05) is 13.8 Å². The fraction of sp³-hybridized carbons (Fsp3) is 0.600. The lowest BCUT2D eigenvalue weighted by molar-refractivity contribution is 0.0695. The zero-order chi connectivity index (χ0) is 15.3. The molecule has 20 heavy (non-hydrogen) atoms. The number of rotatable bonds is 7. The quantitative estimate of drug-likeness (QED) is 0.828. The first-order chi connectivity index (χ1) is 9.31. The number of likely N-dealkylation sites (N-methyl/N-ethyl adjacent to an activating group) is 1. The Hall–Kier alpha value is -1.62. The van der Waals surface area contributed by atoms with Gasteiger partial charge in [0.1, 0.15) is 5.82 Å². The molecule has 0 aliphatic heterocycles. The molecule has 1 aromatic heterocycles. The molecule has 1 heterocycles. The maximum Gasteiger partial charge on any atom is 0.337 e. The number of aromatic carboxylic acids is 1. The second-order valence-corrected chi connectivity index (χ2v) is 5.75. The predicted octanol–water partition coefficient (Wildman–Crippen LogP) is 2.11. The van der Waals surface area contributed by atoms with Gasteiger partial charge in [-0.2, -0.15) is 0 Å². The standard InChI is InChI=1S/C15H25N3O2/c1-11(2)10-18(9-8-17(4)5)14-7-6-13(15(19)20)12(3)16-14/h6-7,11H,8-10H2,1-5H3,(H,19,20). The molecule has 0 saturated heterocycles. The summed E-state index contributed by atoms with van der Waals surface area (Å²) >= 11 is 0. The first-order valence-corrected chi connectivity index (χ1v) is 6.92. The highest BCUT2D eigenvalue weighted by atomic mass is 16.4. The molecule has 5 heteroatoms. The van der Waals surface area contributed by atoms with Gasteiger partial charge in [0.2, 0.25) is 0 Å². The molecule has 0 saturated carbocycles. The molecule has 0 radical (unpaired) electrons. The second-order valence-electron chi connectivity index (χ2n) is 5.75. The summed E-state index contributed by atoms with van der Waals surface area (Å²) in [4.78, 5) is 19.8. The van der Waals surface area contributed by atoms with E-state index >= 15 is 0 Å². The third-order valence-corrected chi connectivity index (χ3v) is 3.03. The smallest absolute Gasteiger partial charge is 0.337 e. The van der Waals surface area contributed by atoms with Crippen molar-refractivity contribution in [2.45, 2.75) is 20.8 Å². The van der Waals surface area contributed by atoms with Gasteiger partial charge in [-0.15, -0.1) is 0 Å². The van der Waals surface area contributed by atoms with E-state index < -0.39 is 5.97 Å². The largest absolute Gasteiger partial charge is 0.478 e. The van der Waals surface area contributed by atoms with Gasteiger partial charge in [-0.25, -0.2) is 9.78 Å². The van der Waals surface area contributed by atoms with Gasteiger partial charge in [0.15, 0.2) is 0 Å². The molecule has 1 aromatic rings. The molecule has 5 nitrogen and oxygen atoms in total. The van der Waals surface area contributed by atoms with Crippen molar-refractivity contribution in [3.05, 3.63) is 23.4 Å². The number of nitrogens with zero attached hydrogens (tertiary/aromatic N) is 3. The number of carboxylic acid groups (broad SMARTS) is 1. The monoisotopic (exact) mass is 279 g/mol. The maximum atomic E-state index is 11.0. The van der Waals surface area contributed by atoms with Crippen LogP contribution in [-0.4, -0.2) is 54.7 Å². The Kier molecular flexibility index (Phi) is 5.95. The normalized spacial score (nSPS) is 11.2. The number of hydrogen-bond acceptors (Lipinski definition) is 4. The molecule has 0 unspecified atom stereocenters. The first-order valence-electron chi connectivity index (χ1n) is 6.92. The molecule has 0 bridgehead atoms. The molecule has 0 spiro atoms. The van der Waals surface area contributed by atoms with E-state index in [2.05, 4.69) is 28.6 Å². The minimum absolute atomic E-state index is 0.269. The number of anilines is 1. The number of aryl methyl sites for hydroxylation is 1. The molecule has 1 N–H and O–H groups in total. The SMILES string of the molecule is Cc1nc(N(CCN(C)C)CC(C)C)ccc1C(=O)O. The fourth-order valence-electron chi connectivity index (χ4n) is 2.01. The van der Waals surface area contributed by atoms with Crippen LogP contribution in [0.5, 0.6) is 0 Å². The Morgan fingerprint density at radius 1 is 1.30 bits per heavy atom. The average molecular weight is 279 g/mol. The van der Waals surface area contributed by atoms with E-state index in [1.807, 2.05) is 14.1 Å². The van der Waals surface area contributed by atoms with Gasteiger partial charge in [-0.3, -0.25) is 0 Å². The topological polar surface area (TPSA) is 56.7 Å². The Bertz CT molecular complexity index is 458.